The monoisotopic (exact) mass is 444 g/mol. The highest BCUT2D eigenvalue weighted by Crippen LogP contribution is 2.31. The number of carbonyl (C=O) groups is 2. The average molecular weight is 445 g/mol. The Balaban J connectivity index is 2.68. The van der Waals surface area contributed by atoms with E-state index in [4.69, 9.17) is 9.47 Å². The number of aldehydes is 1. The Hall–Kier alpha value is -2.83. The van der Waals surface area contributed by atoms with E-state index in [0.717, 1.165) is 19.1 Å². The van der Waals surface area contributed by atoms with Gasteiger partial charge in [0.2, 0.25) is 0 Å². The molecule has 1 N–H and O–H groups in total. The zero-order chi connectivity index (χ0) is 24.1. The van der Waals surface area contributed by atoms with Gasteiger partial charge >= 0.3 is 6.09 Å². The van der Waals surface area contributed by atoms with Gasteiger partial charge in [0, 0.05) is 17.5 Å². The quantitative estimate of drug-likeness (QED) is 0.454. The van der Waals surface area contributed by atoms with E-state index in [9.17, 15) is 14.4 Å². The first-order chi connectivity index (χ1) is 14.9. The minimum absolute atomic E-state index is 0.0585. The summed E-state index contributed by atoms with van der Waals surface area (Å²) in [5, 5.41) is 3.81. The average Bonchev–Trinajstić information content (AvgIpc) is 2.67. The predicted molar refractivity (Wildman–Crippen MR) is 127 cm³/mol. The summed E-state index contributed by atoms with van der Waals surface area (Å²) < 4.78 is 13.2. The van der Waals surface area contributed by atoms with E-state index >= 15 is 0 Å². The van der Waals surface area contributed by atoms with Crippen molar-refractivity contribution in [2.24, 2.45) is 5.41 Å². The number of nitrogens with one attached hydrogen (secondary N) is 1. The fourth-order valence-electron chi connectivity index (χ4n) is 3.32. The molecule has 0 radical (unpaired) electrons. The van der Waals surface area contributed by atoms with Gasteiger partial charge in [0.1, 0.15) is 17.6 Å². The number of rotatable bonds is 8. The molecule has 7 heteroatoms. The zero-order valence-electron chi connectivity index (χ0n) is 20.3. The number of amides is 1. The van der Waals surface area contributed by atoms with E-state index < -0.39 is 11.7 Å². The van der Waals surface area contributed by atoms with Crippen LogP contribution >= 0.6 is 0 Å². The largest absolute Gasteiger partial charge is 0.491 e. The maximum atomic E-state index is 13.5. The molecule has 1 aromatic heterocycles. The van der Waals surface area contributed by atoms with Crippen LogP contribution < -0.4 is 15.6 Å². The van der Waals surface area contributed by atoms with Crippen molar-refractivity contribution in [2.75, 3.05) is 6.61 Å². The summed E-state index contributed by atoms with van der Waals surface area (Å²) in [4.78, 5) is 37.2. The van der Waals surface area contributed by atoms with Crippen LogP contribution in [0.25, 0.3) is 10.8 Å². The summed E-state index contributed by atoms with van der Waals surface area (Å²) in [5.74, 6) is 0.511. The second kappa shape index (κ2) is 10.2. The van der Waals surface area contributed by atoms with Crippen molar-refractivity contribution in [3.8, 4) is 5.75 Å². The standard InChI is InChI=1S/C25H36N2O5/c1-8-9-12-31-21-19-13-17(15-28)10-11-18(19)22(29)27(16-24(2,3)4)20(21)14-26-23(30)32-25(5,6)7/h10-11,13,15H,8-9,12,14,16H2,1-7H3,(H,26,30). The lowest BCUT2D eigenvalue weighted by Gasteiger charge is -2.26. The molecule has 1 heterocycles. The van der Waals surface area contributed by atoms with E-state index in [2.05, 4.69) is 12.2 Å². The van der Waals surface area contributed by atoms with E-state index in [0.29, 0.717) is 40.9 Å². The van der Waals surface area contributed by atoms with Crippen molar-refractivity contribution < 1.29 is 19.1 Å². The van der Waals surface area contributed by atoms with Crippen LogP contribution in [0.3, 0.4) is 0 Å². The SMILES string of the molecule is CCCCOc1c(CNC(=O)OC(C)(C)C)n(CC(C)(C)C)c(=O)c2ccc(C=O)cc12. The van der Waals surface area contributed by atoms with Gasteiger partial charge in [-0.2, -0.15) is 0 Å². The normalized spacial score (nSPS) is 12.0. The molecule has 0 aliphatic rings. The summed E-state index contributed by atoms with van der Waals surface area (Å²) in [6.45, 7) is 14.5. The Bertz CT molecular complexity index is 1030. The van der Waals surface area contributed by atoms with Crippen LogP contribution in [-0.4, -0.2) is 29.2 Å². The maximum Gasteiger partial charge on any atom is 0.407 e. The van der Waals surface area contributed by atoms with E-state index in [-0.39, 0.29) is 17.5 Å². The van der Waals surface area contributed by atoms with Crippen LogP contribution in [-0.2, 0) is 17.8 Å². The first-order valence-corrected chi connectivity index (χ1v) is 11.1. The van der Waals surface area contributed by atoms with Crippen molar-refractivity contribution in [2.45, 2.75) is 80.0 Å². The van der Waals surface area contributed by atoms with E-state index in [1.165, 1.54) is 0 Å². The molecule has 0 fully saturated rings. The Kier molecular flexibility index (Phi) is 8.10. The minimum Gasteiger partial charge on any atom is -0.491 e. The summed E-state index contributed by atoms with van der Waals surface area (Å²) in [6, 6.07) is 4.97. The van der Waals surface area contributed by atoms with Crippen molar-refractivity contribution in [1.82, 2.24) is 9.88 Å². The van der Waals surface area contributed by atoms with Gasteiger partial charge in [-0.15, -0.1) is 0 Å². The van der Waals surface area contributed by atoms with Crippen molar-refractivity contribution >= 4 is 23.2 Å². The second-order valence-corrected chi connectivity index (χ2v) is 10.2. The summed E-state index contributed by atoms with van der Waals surface area (Å²) in [6.07, 6.45) is 1.96. The number of benzene rings is 1. The minimum atomic E-state index is -0.641. The van der Waals surface area contributed by atoms with Crippen LogP contribution in [0.2, 0.25) is 0 Å². The molecular formula is C25H36N2O5. The molecule has 0 aliphatic carbocycles. The molecule has 7 nitrogen and oxygen atoms in total. The van der Waals surface area contributed by atoms with Gasteiger partial charge in [-0.1, -0.05) is 40.2 Å². The fourth-order valence-corrected chi connectivity index (χ4v) is 3.32. The van der Waals surface area contributed by atoms with E-state index in [1.54, 1.807) is 43.5 Å². The lowest BCUT2D eigenvalue weighted by Crippen LogP contribution is -2.36. The number of aromatic nitrogens is 1. The Morgan fingerprint density at radius 3 is 2.38 bits per heavy atom. The predicted octanol–water partition coefficient (Wildman–Crippen LogP) is 5.06. The number of hydrogen-bond acceptors (Lipinski definition) is 5. The van der Waals surface area contributed by atoms with Gasteiger partial charge in [-0.3, -0.25) is 9.59 Å². The highest BCUT2D eigenvalue weighted by molar-refractivity contribution is 5.93. The number of hydrogen-bond donors (Lipinski definition) is 1. The van der Waals surface area contributed by atoms with Gasteiger partial charge in [0.15, 0.2) is 0 Å². The first kappa shape index (κ1) is 25.4. The zero-order valence-corrected chi connectivity index (χ0v) is 20.3. The summed E-state index contributed by atoms with van der Waals surface area (Å²) in [5.41, 5.74) is -0.00470. The number of carbonyl (C=O) groups excluding carboxylic acids is 2. The molecule has 0 saturated heterocycles. The fraction of sp³-hybridized carbons (Fsp3) is 0.560. The molecule has 0 spiro atoms. The Morgan fingerprint density at radius 2 is 1.81 bits per heavy atom. The van der Waals surface area contributed by atoms with Crippen LogP contribution in [0.15, 0.2) is 23.0 Å². The van der Waals surface area contributed by atoms with Crippen LogP contribution in [0.1, 0.15) is 77.4 Å². The third-order valence-corrected chi connectivity index (χ3v) is 4.66. The van der Waals surface area contributed by atoms with Gasteiger partial charge < -0.3 is 19.4 Å². The van der Waals surface area contributed by atoms with Gasteiger partial charge in [-0.05, 0) is 44.7 Å². The van der Waals surface area contributed by atoms with E-state index in [1.807, 2.05) is 20.8 Å². The number of ether oxygens (including phenoxy) is 2. The lowest BCUT2D eigenvalue weighted by molar-refractivity contribution is 0.0521. The smallest absolute Gasteiger partial charge is 0.407 e. The van der Waals surface area contributed by atoms with Gasteiger partial charge in [-0.25, -0.2) is 4.79 Å². The van der Waals surface area contributed by atoms with Crippen LogP contribution in [0, 0.1) is 5.41 Å². The molecule has 1 aromatic carbocycles. The number of nitrogens with zero attached hydrogens (tertiary/aromatic N) is 1. The van der Waals surface area contributed by atoms with Crippen LogP contribution in [0.4, 0.5) is 4.79 Å². The number of unbranched alkanes of at least 4 members (excludes halogenated alkanes) is 1. The highest BCUT2D eigenvalue weighted by atomic mass is 16.6. The Morgan fingerprint density at radius 1 is 1.12 bits per heavy atom. The van der Waals surface area contributed by atoms with Crippen LogP contribution in [0.5, 0.6) is 5.75 Å². The number of pyridine rings is 1. The molecule has 2 rings (SSSR count). The molecule has 32 heavy (non-hydrogen) atoms. The third kappa shape index (κ3) is 6.84. The topological polar surface area (TPSA) is 86.6 Å². The highest BCUT2D eigenvalue weighted by Gasteiger charge is 2.24. The third-order valence-electron chi connectivity index (χ3n) is 4.66. The van der Waals surface area contributed by atoms with Gasteiger partial charge in [0.05, 0.1) is 24.2 Å². The molecule has 0 aliphatic heterocycles. The molecule has 0 saturated carbocycles. The lowest BCUT2D eigenvalue weighted by atomic mass is 9.96. The van der Waals surface area contributed by atoms with Crippen molar-refractivity contribution in [1.29, 1.82) is 0 Å². The molecule has 176 valence electrons. The first-order valence-electron chi connectivity index (χ1n) is 11.1. The number of alkyl carbamates (subject to hydrolysis) is 1. The summed E-state index contributed by atoms with van der Waals surface area (Å²) in [7, 11) is 0. The molecule has 0 atom stereocenters. The Labute approximate surface area is 190 Å². The van der Waals surface area contributed by atoms with Crippen molar-refractivity contribution in [3.63, 3.8) is 0 Å². The van der Waals surface area contributed by atoms with Crippen molar-refractivity contribution in [3.05, 3.63) is 39.8 Å². The molecule has 2 aromatic rings. The molecular weight excluding hydrogens is 408 g/mol. The molecule has 1 amide bonds. The summed E-state index contributed by atoms with van der Waals surface area (Å²) >= 11 is 0. The van der Waals surface area contributed by atoms with Gasteiger partial charge in [0.25, 0.3) is 5.56 Å². The molecule has 0 bridgehead atoms. The molecule has 0 unspecified atom stereocenters. The maximum absolute atomic E-state index is 13.5. The second-order valence-electron chi connectivity index (χ2n) is 10.2. The number of fused-ring (bicyclic) bond motifs is 1.